The van der Waals surface area contributed by atoms with Crippen molar-refractivity contribution < 1.29 is 18.7 Å². The van der Waals surface area contributed by atoms with Crippen LogP contribution < -0.4 is 20.4 Å². The number of fused-ring (bicyclic) bond motifs is 1. The molecule has 4 rings (SSSR count). The number of nitrogens with one attached hydrogen (secondary N) is 1. The van der Waals surface area contributed by atoms with Crippen LogP contribution in [-0.4, -0.2) is 13.0 Å². The molecule has 0 aliphatic rings. The van der Waals surface area contributed by atoms with Gasteiger partial charge in [0, 0.05) is 11.9 Å². The number of benzene rings is 3. The molecule has 0 spiro atoms. The van der Waals surface area contributed by atoms with E-state index in [-0.39, 0.29) is 12.1 Å². The summed E-state index contributed by atoms with van der Waals surface area (Å²) in [4.78, 5) is 24.8. The summed E-state index contributed by atoms with van der Waals surface area (Å²) < 4.78 is 16.3. The van der Waals surface area contributed by atoms with E-state index in [4.69, 9.17) is 13.9 Å². The lowest BCUT2D eigenvalue weighted by atomic mass is 10.1. The van der Waals surface area contributed by atoms with Crippen LogP contribution in [0.4, 0.5) is 0 Å². The SMILES string of the molecule is COc1cccc2cc(C(=O)NCc3ccc(OCc4ccccc4)cc3)c(=O)oc12. The molecule has 6 heteroatoms. The van der Waals surface area contributed by atoms with E-state index in [1.165, 1.54) is 13.2 Å². The van der Waals surface area contributed by atoms with Crippen molar-refractivity contribution >= 4 is 16.9 Å². The lowest BCUT2D eigenvalue weighted by molar-refractivity contribution is 0.0947. The van der Waals surface area contributed by atoms with Gasteiger partial charge in [-0.1, -0.05) is 54.6 Å². The Morgan fingerprint density at radius 1 is 0.935 bits per heavy atom. The summed E-state index contributed by atoms with van der Waals surface area (Å²) in [7, 11) is 1.49. The monoisotopic (exact) mass is 415 g/mol. The molecule has 1 aromatic heterocycles. The van der Waals surface area contributed by atoms with Crippen LogP contribution in [-0.2, 0) is 13.2 Å². The number of hydrogen-bond donors (Lipinski definition) is 1. The van der Waals surface area contributed by atoms with E-state index in [2.05, 4.69) is 5.32 Å². The number of hydrogen-bond acceptors (Lipinski definition) is 5. The van der Waals surface area contributed by atoms with Crippen molar-refractivity contribution in [2.24, 2.45) is 0 Å². The molecule has 3 aromatic carbocycles. The van der Waals surface area contributed by atoms with Crippen LogP contribution in [0.15, 0.2) is 88.1 Å². The molecule has 0 bridgehead atoms. The van der Waals surface area contributed by atoms with Crippen LogP contribution in [0, 0.1) is 0 Å². The zero-order valence-corrected chi connectivity index (χ0v) is 17.0. The summed E-state index contributed by atoms with van der Waals surface area (Å²) in [6.07, 6.45) is 0. The molecule has 0 radical (unpaired) electrons. The number of methoxy groups -OCH3 is 1. The lowest BCUT2D eigenvalue weighted by Gasteiger charge is -2.09. The quantitative estimate of drug-likeness (QED) is 0.455. The Balaban J connectivity index is 1.39. The van der Waals surface area contributed by atoms with Gasteiger partial charge in [0.2, 0.25) is 0 Å². The van der Waals surface area contributed by atoms with Crippen LogP contribution in [0.25, 0.3) is 11.0 Å². The van der Waals surface area contributed by atoms with Crippen LogP contribution in [0.5, 0.6) is 11.5 Å². The average Bonchev–Trinajstić information content (AvgIpc) is 2.81. The summed E-state index contributed by atoms with van der Waals surface area (Å²) in [5.74, 6) is 0.682. The van der Waals surface area contributed by atoms with Gasteiger partial charge in [-0.3, -0.25) is 4.79 Å². The fourth-order valence-electron chi connectivity index (χ4n) is 3.16. The molecule has 1 N–H and O–H groups in total. The third-order valence-corrected chi connectivity index (χ3v) is 4.81. The highest BCUT2D eigenvalue weighted by molar-refractivity contribution is 5.97. The van der Waals surface area contributed by atoms with Gasteiger partial charge in [-0.25, -0.2) is 4.79 Å². The van der Waals surface area contributed by atoms with E-state index in [0.717, 1.165) is 16.9 Å². The van der Waals surface area contributed by atoms with E-state index in [0.29, 0.717) is 23.3 Å². The van der Waals surface area contributed by atoms with Gasteiger partial charge in [0.25, 0.3) is 5.91 Å². The van der Waals surface area contributed by atoms with E-state index in [1.54, 1.807) is 18.2 Å². The van der Waals surface area contributed by atoms with Gasteiger partial charge in [-0.15, -0.1) is 0 Å². The van der Waals surface area contributed by atoms with Gasteiger partial charge in [0.15, 0.2) is 11.3 Å². The molecule has 156 valence electrons. The van der Waals surface area contributed by atoms with Crippen molar-refractivity contribution in [3.63, 3.8) is 0 Å². The summed E-state index contributed by atoms with van der Waals surface area (Å²) in [6.45, 7) is 0.757. The molecule has 6 nitrogen and oxygen atoms in total. The first-order chi connectivity index (χ1) is 15.1. The maximum atomic E-state index is 12.5. The molecule has 0 atom stereocenters. The third kappa shape index (κ3) is 4.75. The summed E-state index contributed by atoms with van der Waals surface area (Å²) in [5.41, 5.74) is 1.53. The minimum Gasteiger partial charge on any atom is -0.493 e. The Labute approximate surface area is 179 Å². The van der Waals surface area contributed by atoms with Gasteiger partial charge >= 0.3 is 5.63 Å². The Morgan fingerprint density at radius 2 is 1.71 bits per heavy atom. The minimum atomic E-state index is -0.709. The first-order valence-corrected chi connectivity index (χ1v) is 9.79. The molecule has 31 heavy (non-hydrogen) atoms. The smallest absolute Gasteiger partial charge is 0.349 e. The van der Waals surface area contributed by atoms with E-state index >= 15 is 0 Å². The van der Waals surface area contributed by atoms with Crippen molar-refractivity contribution in [2.45, 2.75) is 13.2 Å². The highest BCUT2D eigenvalue weighted by Gasteiger charge is 2.15. The molecule has 0 aliphatic heterocycles. The zero-order chi connectivity index (χ0) is 21.6. The van der Waals surface area contributed by atoms with E-state index < -0.39 is 11.5 Å². The second kappa shape index (κ2) is 9.17. The second-order valence-electron chi connectivity index (χ2n) is 6.93. The Hall–Kier alpha value is -4.06. The third-order valence-electron chi connectivity index (χ3n) is 4.81. The molecule has 1 amide bonds. The van der Waals surface area contributed by atoms with Crippen molar-refractivity contribution in [3.05, 3.63) is 106 Å². The van der Waals surface area contributed by atoms with E-state index in [9.17, 15) is 9.59 Å². The molecule has 0 unspecified atom stereocenters. The topological polar surface area (TPSA) is 77.8 Å². The van der Waals surface area contributed by atoms with Crippen molar-refractivity contribution in [1.29, 1.82) is 0 Å². The standard InChI is InChI=1S/C25H21NO5/c1-29-22-9-5-8-19-14-21(25(28)31-23(19)22)24(27)26-15-17-10-12-20(13-11-17)30-16-18-6-3-2-4-7-18/h2-14H,15-16H2,1H3,(H,26,27). The fraction of sp³-hybridized carbons (Fsp3) is 0.120. The second-order valence-corrected chi connectivity index (χ2v) is 6.93. The van der Waals surface area contributed by atoms with Gasteiger partial charge in [0.05, 0.1) is 7.11 Å². The van der Waals surface area contributed by atoms with Crippen LogP contribution in [0.2, 0.25) is 0 Å². The highest BCUT2D eigenvalue weighted by atomic mass is 16.5. The number of carbonyl (C=O) groups excluding carboxylic acids is 1. The summed E-state index contributed by atoms with van der Waals surface area (Å²) in [5, 5.41) is 3.37. The number of para-hydroxylation sites is 1. The summed E-state index contributed by atoms with van der Waals surface area (Å²) >= 11 is 0. The number of ether oxygens (including phenoxy) is 2. The van der Waals surface area contributed by atoms with Gasteiger partial charge in [0.1, 0.15) is 17.9 Å². The molecule has 0 aliphatic carbocycles. The largest absolute Gasteiger partial charge is 0.493 e. The molecular weight excluding hydrogens is 394 g/mol. The maximum absolute atomic E-state index is 12.5. The predicted octanol–water partition coefficient (Wildman–Crippen LogP) is 4.31. The first kappa shape index (κ1) is 20.2. The highest BCUT2D eigenvalue weighted by Crippen LogP contribution is 2.24. The van der Waals surface area contributed by atoms with E-state index in [1.807, 2.05) is 54.6 Å². The Kier molecular flexibility index (Phi) is 5.98. The zero-order valence-electron chi connectivity index (χ0n) is 17.0. The number of amides is 1. The molecular formula is C25H21NO5. The molecule has 0 saturated carbocycles. The minimum absolute atomic E-state index is 0.0523. The number of rotatable bonds is 7. The number of carbonyl (C=O) groups is 1. The predicted molar refractivity (Wildman–Crippen MR) is 117 cm³/mol. The molecule has 0 fully saturated rings. The van der Waals surface area contributed by atoms with Crippen molar-refractivity contribution in [3.8, 4) is 11.5 Å². The van der Waals surface area contributed by atoms with Gasteiger partial charge in [-0.2, -0.15) is 0 Å². The molecule has 4 aromatic rings. The van der Waals surface area contributed by atoms with Crippen LogP contribution >= 0.6 is 0 Å². The van der Waals surface area contributed by atoms with Gasteiger partial charge in [-0.05, 0) is 35.4 Å². The maximum Gasteiger partial charge on any atom is 0.349 e. The van der Waals surface area contributed by atoms with Crippen LogP contribution in [0.3, 0.4) is 0 Å². The van der Waals surface area contributed by atoms with Crippen molar-refractivity contribution in [1.82, 2.24) is 5.32 Å². The molecule has 1 heterocycles. The fourth-order valence-corrected chi connectivity index (χ4v) is 3.16. The Morgan fingerprint density at radius 3 is 2.45 bits per heavy atom. The van der Waals surface area contributed by atoms with Gasteiger partial charge < -0.3 is 19.2 Å². The Bertz CT molecular complexity index is 1250. The lowest BCUT2D eigenvalue weighted by Crippen LogP contribution is -2.27. The van der Waals surface area contributed by atoms with Crippen LogP contribution in [0.1, 0.15) is 21.5 Å². The normalized spacial score (nSPS) is 10.6. The average molecular weight is 415 g/mol. The molecule has 0 saturated heterocycles. The first-order valence-electron chi connectivity index (χ1n) is 9.79. The summed E-state index contributed by atoms with van der Waals surface area (Å²) in [6, 6.07) is 24.1. The van der Waals surface area contributed by atoms with Crippen molar-refractivity contribution in [2.75, 3.05) is 7.11 Å².